The molecule has 1 aliphatic rings. The van der Waals surface area contributed by atoms with Gasteiger partial charge in [-0.05, 0) is 35.7 Å². The first kappa shape index (κ1) is 19.1. The molecule has 1 heterocycles. The molecule has 0 unspecified atom stereocenters. The number of carbonyl (C=O) groups excluding carboxylic acids is 2. The molecule has 0 aliphatic carbocycles. The minimum absolute atomic E-state index is 0.0671. The van der Waals surface area contributed by atoms with E-state index in [1.54, 1.807) is 0 Å². The van der Waals surface area contributed by atoms with Crippen LogP contribution in [0.1, 0.15) is 30.0 Å². The van der Waals surface area contributed by atoms with Crippen molar-refractivity contribution in [1.82, 2.24) is 9.80 Å². The molecule has 0 aromatic heterocycles. The van der Waals surface area contributed by atoms with Crippen molar-refractivity contribution in [3.05, 3.63) is 65.2 Å². The fraction of sp³-hybridized carbons (Fsp3) is 0.364. The van der Waals surface area contributed by atoms with Crippen LogP contribution in [-0.2, 0) is 22.7 Å². The summed E-state index contributed by atoms with van der Waals surface area (Å²) in [6.07, 6.45) is 0.551. The molecule has 0 bridgehead atoms. The molecule has 0 spiro atoms. The number of rotatable bonds is 5. The van der Waals surface area contributed by atoms with Gasteiger partial charge in [0.2, 0.25) is 11.8 Å². The predicted octanol–water partition coefficient (Wildman–Crippen LogP) is 3.19. The molecule has 142 valence electrons. The van der Waals surface area contributed by atoms with Gasteiger partial charge in [-0.2, -0.15) is 0 Å². The number of benzene rings is 2. The van der Waals surface area contributed by atoms with Crippen LogP contribution in [0.2, 0.25) is 0 Å². The lowest BCUT2D eigenvalue weighted by Gasteiger charge is -2.23. The Morgan fingerprint density at radius 3 is 2.44 bits per heavy atom. The Labute approximate surface area is 161 Å². The summed E-state index contributed by atoms with van der Waals surface area (Å²) in [5, 5.41) is 2.78. The van der Waals surface area contributed by atoms with E-state index < -0.39 is 0 Å². The highest BCUT2D eigenvalue weighted by Crippen LogP contribution is 2.16. The summed E-state index contributed by atoms with van der Waals surface area (Å²) in [6, 6.07) is 16.2. The van der Waals surface area contributed by atoms with Crippen LogP contribution in [0.25, 0.3) is 0 Å². The van der Waals surface area contributed by atoms with Crippen molar-refractivity contribution in [3.8, 4) is 0 Å². The minimum atomic E-state index is -0.0671. The van der Waals surface area contributed by atoms with Crippen LogP contribution in [0.5, 0.6) is 0 Å². The van der Waals surface area contributed by atoms with Crippen molar-refractivity contribution in [2.24, 2.45) is 0 Å². The molecule has 27 heavy (non-hydrogen) atoms. The van der Waals surface area contributed by atoms with Gasteiger partial charge in [0.05, 0.1) is 0 Å². The van der Waals surface area contributed by atoms with Gasteiger partial charge < -0.3 is 10.2 Å². The monoisotopic (exact) mass is 365 g/mol. The zero-order chi connectivity index (χ0) is 19.2. The maximum absolute atomic E-state index is 12.5. The summed E-state index contributed by atoms with van der Waals surface area (Å²) in [4.78, 5) is 27.9. The average Bonchev–Trinajstić information content (AvgIpc) is 2.81. The molecule has 2 amide bonds. The Balaban J connectivity index is 1.58. The number of amides is 2. The van der Waals surface area contributed by atoms with Crippen LogP contribution < -0.4 is 5.32 Å². The van der Waals surface area contributed by atoms with Crippen LogP contribution >= 0.6 is 0 Å². The van der Waals surface area contributed by atoms with E-state index in [9.17, 15) is 9.59 Å². The van der Waals surface area contributed by atoms with Gasteiger partial charge in [0.15, 0.2) is 0 Å². The maximum atomic E-state index is 12.5. The molecule has 1 saturated heterocycles. The molecule has 2 aromatic rings. The van der Waals surface area contributed by atoms with E-state index in [1.165, 1.54) is 23.6 Å². The number of carbonyl (C=O) groups is 2. The van der Waals surface area contributed by atoms with Gasteiger partial charge in [0.1, 0.15) is 0 Å². The van der Waals surface area contributed by atoms with E-state index in [1.807, 2.05) is 41.3 Å². The summed E-state index contributed by atoms with van der Waals surface area (Å²) < 4.78 is 0. The van der Waals surface area contributed by atoms with Crippen LogP contribution in [0.3, 0.4) is 0 Å². The van der Waals surface area contributed by atoms with Crippen molar-refractivity contribution < 1.29 is 9.59 Å². The van der Waals surface area contributed by atoms with Crippen LogP contribution in [0, 0.1) is 6.92 Å². The lowest BCUT2D eigenvalue weighted by atomic mass is 10.1. The molecule has 2 aromatic carbocycles. The fourth-order valence-corrected chi connectivity index (χ4v) is 3.38. The Kier molecular flexibility index (Phi) is 6.24. The third kappa shape index (κ3) is 5.41. The molecule has 0 atom stereocenters. The molecule has 5 heteroatoms. The summed E-state index contributed by atoms with van der Waals surface area (Å²) >= 11 is 0. The van der Waals surface area contributed by atoms with E-state index in [4.69, 9.17) is 0 Å². The number of nitrogens with one attached hydrogen (secondary N) is 1. The van der Waals surface area contributed by atoms with E-state index in [2.05, 4.69) is 29.3 Å². The second-order valence-electron chi connectivity index (χ2n) is 7.15. The first-order valence-corrected chi connectivity index (χ1v) is 9.42. The number of nitrogens with zero attached hydrogens (tertiary/aromatic N) is 2. The zero-order valence-electron chi connectivity index (χ0n) is 16.1. The Morgan fingerprint density at radius 2 is 1.74 bits per heavy atom. The van der Waals surface area contributed by atoms with Gasteiger partial charge in [0.25, 0.3) is 0 Å². The summed E-state index contributed by atoms with van der Waals surface area (Å²) in [5.41, 5.74) is 4.43. The third-order valence-electron chi connectivity index (χ3n) is 4.98. The van der Waals surface area contributed by atoms with Crippen molar-refractivity contribution in [2.45, 2.75) is 33.4 Å². The SMILES string of the molecule is CC(=O)Nc1ccc(CN2CCC(=O)N(Cc3ccccc3C)CC2)cc1. The fourth-order valence-electron chi connectivity index (χ4n) is 3.38. The van der Waals surface area contributed by atoms with Gasteiger partial charge in [-0.3, -0.25) is 14.5 Å². The first-order valence-electron chi connectivity index (χ1n) is 9.42. The Morgan fingerprint density at radius 1 is 1.00 bits per heavy atom. The topological polar surface area (TPSA) is 52.7 Å². The smallest absolute Gasteiger partial charge is 0.224 e. The van der Waals surface area contributed by atoms with Gasteiger partial charge in [0, 0.05) is 51.8 Å². The minimum Gasteiger partial charge on any atom is -0.337 e. The quantitative estimate of drug-likeness (QED) is 0.885. The lowest BCUT2D eigenvalue weighted by molar-refractivity contribution is -0.131. The molecule has 3 rings (SSSR count). The summed E-state index contributed by atoms with van der Waals surface area (Å²) in [7, 11) is 0. The van der Waals surface area contributed by atoms with E-state index in [-0.39, 0.29) is 11.8 Å². The molecule has 1 N–H and O–H groups in total. The number of hydrogen-bond acceptors (Lipinski definition) is 3. The average molecular weight is 365 g/mol. The molecule has 0 radical (unpaired) electrons. The molecule has 1 fully saturated rings. The highest BCUT2D eigenvalue weighted by atomic mass is 16.2. The highest BCUT2D eigenvalue weighted by molar-refractivity contribution is 5.88. The van der Waals surface area contributed by atoms with Crippen molar-refractivity contribution in [2.75, 3.05) is 25.0 Å². The van der Waals surface area contributed by atoms with Crippen LogP contribution in [0.15, 0.2) is 48.5 Å². The van der Waals surface area contributed by atoms with E-state index in [0.29, 0.717) is 13.0 Å². The van der Waals surface area contributed by atoms with Crippen LogP contribution in [0.4, 0.5) is 5.69 Å². The lowest BCUT2D eigenvalue weighted by Crippen LogP contribution is -2.32. The predicted molar refractivity (Wildman–Crippen MR) is 107 cm³/mol. The molecule has 1 aliphatic heterocycles. The van der Waals surface area contributed by atoms with Crippen molar-refractivity contribution in [3.63, 3.8) is 0 Å². The zero-order valence-corrected chi connectivity index (χ0v) is 16.1. The Bertz CT molecular complexity index is 801. The number of anilines is 1. The molecular weight excluding hydrogens is 338 g/mol. The number of aryl methyl sites for hydroxylation is 1. The van der Waals surface area contributed by atoms with E-state index >= 15 is 0 Å². The largest absolute Gasteiger partial charge is 0.337 e. The number of hydrogen-bond donors (Lipinski definition) is 1. The summed E-state index contributed by atoms with van der Waals surface area (Å²) in [6.45, 7) is 7.48. The standard InChI is InChI=1S/C22H27N3O2/c1-17-5-3-4-6-20(17)16-25-14-13-24(12-11-22(25)27)15-19-7-9-21(10-8-19)23-18(2)26/h3-10H,11-16H2,1-2H3,(H,23,26). The second kappa shape index (κ2) is 8.82. The maximum Gasteiger partial charge on any atom is 0.224 e. The molecule has 0 saturated carbocycles. The first-order chi connectivity index (χ1) is 13.0. The van der Waals surface area contributed by atoms with Gasteiger partial charge >= 0.3 is 0 Å². The summed E-state index contributed by atoms with van der Waals surface area (Å²) in [5.74, 6) is 0.157. The third-order valence-corrected chi connectivity index (χ3v) is 4.98. The van der Waals surface area contributed by atoms with Gasteiger partial charge in [-0.25, -0.2) is 0 Å². The van der Waals surface area contributed by atoms with E-state index in [0.717, 1.165) is 31.9 Å². The second-order valence-corrected chi connectivity index (χ2v) is 7.15. The Hall–Kier alpha value is -2.66. The van der Waals surface area contributed by atoms with Crippen molar-refractivity contribution >= 4 is 17.5 Å². The molecule has 5 nitrogen and oxygen atoms in total. The van der Waals surface area contributed by atoms with Crippen molar-refractivity contribution in [1.29, 1.82) is 0 Å². The molecular formula is C22H27N3O2. The normalized spacial score (nSPS) is 15.5. The highest BCUT2D eigenvalue weighted by Gasteiger charge is 2.21. The van der Waals surface area contributed by atoms with Gasteiger partial charge in [-0.15, -0.1) is 0 Å². The van der Waals surface area contributed by atoms with Crippen LogP contribution in [-0.4, -0.2) is 41.2 Å². The van der Waals surface area contributed by atoms with Gasteiger partial charge in [-0.1, -0.05) is 36.4 Å².